The SMILES string of the molecule is CCN[C@H](C)CNC(=O)C(C)(C)CC.Cl. The molecule has 0 spiro atoms. The molecule has 92 valence electrons. The zero-order valence-electron chi connectivity index (χ0n) is 10.5. The van der Waals surface area contributed by atoms with Crippen LogP contribution in [0.3, 0.4) is 0 Å². The molecule has 0 aromatic rings. The number of nitrogens with one attached hydrogen (secondary N) is 2. The molecule has 0 heterocycles. The fraction of sp³-hybridized carbons (Fsp3) is 0.909. The van der Waals surface area contributed by atoms with Crippen molar-refractivity contribution < 1.29 is 4.79 Å². The minimum Gasteiger partial charge on any atom is -0.354 e. The van der Waals surface area contributed by atoms with E-state index in [9.17, 15) is 4.79 Å². The Hall–Kier alpha value is -0.280. The molecule has 0 radical (unpaired) electrons. The first-order valence-electron chi connectivity index (χ1n) is 5.45. The topological polar surface area (TPSA) is 41.1 Å². The van der Waals surface area contributed by atoms with Crippen LogP contribution in [0.1, 0.15) is 41.0 Å². The average molecular weight is 237 g/mol. The van der Waals surface area contributed by atoms with Crippen LogP contribution in [0.4, 0.5) is 0 Å². The largest absolute Gasteiger partial charge is 0.354 e. The number of carbonyl (C=O) groups excluding carboxylic acids is 1. The van der Waals surface area contributed by atoms with Gasteiger partial charge in [-0.1, -0.05) is 27.7 Å². The summed E-state index contributed by atoms with van der Waals surface area (Å²) in [6.07, 6.45) is 0.869. The van der Waals surface area contributed by atoms with Crippen molar-refractivity contribution >= 4 is 18.3 Å². The van der Waals surface area contributed by atoms with Gasteiger partial charge >= 0.3 is 0 Å². The Kier molecular flexibility index (Phi) is 9.07. The summed E-state index contributed by atoms with van der Waals surface area (Å²) < 4.78 is 0. The number of halogens is 1. The summed E-state index contributed by atoms with van der Waals surface area (Å²) in [6, 6.07) is 0.344. The van der Waals surface area contributed by atoms with E-state index in [2.05, 4.69) is 24.5 Å². The van der Waals surface area contributed by atoms with Crippen molar-refractivity contribution in [3.8, 4) is 0 Å². The van der Waals surface area contributed by atoms with Gasteiger partial charge < -0.3 is 10.6 Å². The lowest BCUT2D eigenvalue weighted by Crippen LogP contribution is -2.43. The zero-order chi connectivity index (χ0) is 11.2. The van der Waals surface area contributed by atoms with Crippen LogP contribution >= 0.6 is 12.4 Å². The number of hydrogen-bond acceptors (Lipinski definition) is 2. The lowest BCUT2D eigenvalue weighted by Gasteiger charge is -2.23. The third-order valence-corrected chi connectivity index (χ3v) is 2.62. The van der Waals surface area contributed by atoms with Gasteiger partial charge in [0.15, 0.2) is 0 Å². The lowest BCUT2D eigenvalue weighted by atomic mass is 9.89. The van der Waals surface area contributed by atoms with Crippen molar-refractivity contribution in [3.63, 3.8) is 0 Å². The van der Waals surface area contributed by atoms with Gasteiger partial charge in [-0.15, -0.1) is 12.4 Å². The van der Waals surface area contributed by atoms with Crippen LogP contribution in [-0.4, -0.2) is 25.0 Å². The van der Waals surface area contributed by atoms with Crippen LogP contribution in [0.25, 0.3) is 0 Å². The predicted octanol–water partition coefficient (Wildman–Crippen LogP) is 1.96. The molecule has 0 aliphatic carbocycles. The Labute approximate surface area is 99.8 Å². The molecule has 2 N–H and O–H groups in total. The quantitative estimate of drug-likeness (QED) is 0.740. The lowest BCUT2D eigenvalue weighted by molar-refractivity contribution is -0.129. The highest BCUT2D eigenvalue weighted by Gasteiger charge is 2.24. The van der Waals surface area contributed by atoms with Crippen LogP contribution in [0.2, 0.25) is 0 Å². The van der Waals surface area contributed by atoms with Crippen molar-refractivity contribution in [1.82, 2.24) is 10.6 Å². The van der Waals surface area contributed by atoms with E-state index >= 15 is 0 Å². The van der Waals surface area contributed by atoms with Crippen LogP contribution in [0.15, 0.2) is 0 Å². The van der Waals surface area contributed by atoms with E-state index in [1.807, 2.05) is 20.8 Å². The van der Waals surface area contributed by atoms with E-state index in [-0.39, 0.29) is 23.7 Å². The maximum absolute atomic E-state index is 11.7. The van der Waals surface area contributed by atoms with Gasteiger partial charge in [-0.3, -0.25) is 4.79 Å². The number of rotatable bonds is 6. The van der Waals surface area contributed by atoms with E-state index in [0.29, 0.717) is 12.6 Å². The van der Waals surface area contributed by atoms with Crippen LogP contribution < -0.4 is 10.6 Å². The minimum atomic E-state index is -0.244. The molecular weight excluding hydrogens is 212 g/mol. The molecule has 0 fully saturated rings. The molecule has 0 unspecified atom stereocenters. The van der Waals surface area contributed by atoms with Crippen molar-refractivity contribution in [2.45, 2.75) is 47.1 Å². The fourth-order valence-corrected chi connectivity index (χ4v) is 1.07. The first kappa shape index (κ1) is 17.1. The molecule has 3 nitrogen and oxygen atoms in total. The van der Waals surface area contributed by atoms with Gasteiger partial charge in [0, 0.05) is 18.0 Å². The van der Waals surface area contributed by atoms with E-state index < -0.39 is 0 Å². The van der Waals surface area contributed by atoms with E-state index in [0.717, 1.165) is 13.0 Å². The molecule has 4 heteroatoms. The van der Waals surface area contributed by atoms with Crippen molar-refractivity contribution in [1.29, 1.82) is 0 Å². The van der Waals surface area contributed by atoms with Gasteiger partial charge in [0.05, 0.1) is 0 Å². The second-order valence-corrected chi connectivity index (χ2v) is 4.41. The highest BCUT2D eigenvalue weighted by molar-refractivity contribution is 5.85. The predicted molar refractivity (Wildman–Crippen MR) is 67.5 cm³/mol. The number of likely N-dealkylation sites (N-methyl/N-ethyl adjacent to an activating group) is 1. The van der Waals surface area contributed by atoms with Gasteiger partial charge in [-0.25, -0.2) is 0 Å². The normalized spacial score (nSPS) is 12.9. The number of carbonyl (C=O) groups is 1. The van der Waals surface area contributed by atoms with Gasteiger partial charge in [0.2, 0.25) is 5.91 Å². The molecule has 15 heavy (non-hydrogen) atoms. The number of amides is 1. The molecule has 0 bridgehead atoms. The molecular formula is C11H25ClN2O. The highest BCUT2D eigenvalue weighted by atomic mass is 35.5. The van der Waals surface area contributed by atoms with Crippen molar-refractivity contribution in [3.05, 3.63) is 0 Å². The molecule has 0 aliphatic heterocycles. The number of hydrogen-bond donors (Lipinski definition) is 2. The third kappa shape index (κ3) is 6.74. The first-order valence-corrected chi connectivity index (χ1v) is 5.45. The van der Waals surface area contributed by atoms with Crippen molar-refractivity contribution in [2.24, 2.45) is 5.41 Å². The summed E-state index contributed by atoms with van der Waals surface area (Å²) in [6.45, 7) is 11.8. The Balaban J connectivity index is 0. The molecule has 1 atom stereocenters. The Morgan fingerprint density at radius 1 is 1.33 bits per heavy atom. The minimum absolute atomic E-state index is 0. The highest BCUT2D eigenvalue weighted by Crippen LogP contribution is 2.19. The molecule has 0 saturated heterocycles. The molecule has 0 aliphatic rings. The molecule has 0 saturated carbocycles. The first-order chi connectivity index (χ1) is 6.44. The second kappa shape index (κ2) is 7.94. The van der Waals surface area contributed by atoms with Crippen molar-refractivity contribution in [2.75, 3.05) is 13.1 Å². The summed E-state index contributed by atoms with van der Waals surface area (Å²) in [5.41, 5.74) is -0.244. The molecule has 0 aromatic carbocycles. The van der Waals surface area contributed by atoms with Gasteiger partial charge in [-0.2, -0.15) is 0 Å². The standard InChI is InChI=1S/C11H24N2O.ClH/c1-6-11(4,5)10(14)13-8-9(3)12-7-2;/h9,12H,6-8H2,1-5H3,(H,13,14);1H/t9-;/m1./s1. The van der Waals surface area contributed by atoms with Crippen LogP contribution in [-0.2, 0) is 4.79 Å². The Morgan fingerprint density at radius 3 is 2.27 bits per heavy atom. The zero-order valence-corrected chi connectivity index (χ0v) is 11.3. The average Bonchev–Trinajstić information content (AvgIpc) is 2.14. The van der Waals surface area contributed by atoms with Gasteiger partial charge in [0.25, 0.3) is 0 Å². The summed E-state index contributed by atoms with van der Waals surface area (Å²) >= 11 is 0. The molecule has 1 amide bonds. The van der Waals surface area contributed by atoms with Crippen LogP contribution in [0.5, 0.6) is 0 Å². The maximum Gasteiger partial charge on any atom is 0.225 e. The smallest absolute Gasteiger partial charge is 0.225 e. The molecule has 0 rings (SSSR count). The van der Waals surface area contributed by atoms with E-state index in [1.165, 1.54) is 0 Å². The van der Waals surface area contributed by atoms with Gasteiger partial charge in [0.1, 0.15) is 0 Å². The maximum atomic E-state index is 11.7. The van der Waals surface area contributed by atoms with E-state index in [1.54, 1.807) is 0 Å². The summed E-state index contributed by atoms with van der Waals surface area (Å²) in [4.78, 5) is 11.7. The van der Waals surface area contributed by atoms with Gasteiger partial charge in [-0.05, 0) is 19.9 Å². The van der Waals surface area contributed by atoms with Crippen LogP contribution in [0, 0.1) is 5.41 Å². The molecule has 0 aromatic heterocycles. The fourth-order valence-electron chi connectivity index (χ4n) is 1.07. The Morgan fingerprint density at radius 2 is 1.87 bits per heavy atom. The second-order valence-electron chi connectivity index (χ2n) is 4.41. The van der Waals surface area contributed by atoms with E-state index in [4.69, 9.17) is 0 Å². The summed E-state index contributed by atoms with van der Waals surface area (Å²) in [5, 5.41) is 6.21. The monoisotopic (exact) mass is 236 g/mol. The Bertz CT molecular complexity index is 183. The summed E-state index contributed by atoms with van der Waals surface area (Å²) in [5.74, 6) is 0.143. The third-order valence-electron chi connectivity index (χ3n) is 2.62. The summed E-state index contributed by atoms with van der Waals surface area (Å²) in [7, 11) is 0.